The molecule has 0 saturated carbocycles. The smallest absolute Gasteiger partial charge is 0.219 e. The van der Waals surface area contributed by atoms with Crippen LogP contribution in [0.4, 0.5) is 0 Å². The van der Waals surface area contributed by atoms with Crippen LogP contribution in [0.25, 0.3) is 0 Å². The highest BCUT2D eigenvalue weighted by Crippen LogP contribution is 2.27. The third-order valence-electron chi connectivity index (χ3n) is 4.97. The van der Waals surface area contributed by atoms with Gasteiger partial charge in [0, 0.05) is 33.1 Å². The lowest BCUT2D eigenvalue weighted by Crippen LogP contribution is -2.38. The number of carbonyl (C=O) groups excluding carboxylic acids is 1. The van der Waals surface area contributed by atoms with Crippen molar-refractivity contribution in [3.63, 3.8) is 0 Å². The van der Waals surface area contributed by atoms with Gasteiger partial charge in [0.1, 0.15) is 18.5 Å². The molecule has 1 aromatic rings. The molecular formula is C21H34N2O3. The summed E-state index contributed by atoms with van der Waals surface area (Å²) in [6, 6.07) is 6.26. The van der Waals surface area contributed by atoms with Crippen LogP contribution in [0.15, 0.2) is 18.2 Å². The van der Waals surface area contributed by atoms with Crippen molar-refractivity contribution in [3.05, 3.63) is 29.3 Å². The molecule has 0 radical (unpaired) electrons. The number of β-amino-alcohol motifs (C(OH)–C–C–N with tert-alkyl or cyclic N) is 1. The van der Waals surface area contributed by atoms with Gasteiger partial charge in [-0.15, -0.1) is 0 Å². The first kappa shape index (κ1) is 20.7. The summed E-state index contributed by atoms with van der Waals surface area (Å²) in [5.41, 5.74) is 2.49. The summed E-state index contributed by atoms with van der Waals surface area (Å²) in [7, 11) is 0. The molecule has 0 spiro atoms. The Balaban J connectivity index is 1.83. The number of benzene rings is 1. The van der Waals surface area contributed by atoms with Crippen LogP contribution in [-0.4, -0.2) is 66.2 Å². The highest BCUT2D eigenvalue weighted by molar-refractivity contribution is 5.73. The number of ether oxygens (including phenoxy) is 1. The minimum Gasteiger partial charge on any atom is -0.491 e. The van der Waals surface area contributed by atoms with Gasteiger partial charge in [0.05, 0.1) is 0 Å². The monoisotopic (exact) mass is 362 g/mol. The molecular weight excluding hydrogens is 328 g/mol. The highest BCUT2D eigenvalue weighted by Gasteiger charge is 2.19. The van der Waals surface area contributed by atoms with Crippen LogP contribution in [0.3, 0.4) is 0 Å². The van der Waals surface area contributed by atoms with Gasteiger partial charge in [0.25, 0.3) is 0 Å². The summed E-state index contributed by atoms with van der Waals surface area (Å²) in [6.45, 7) is 14.3. The van der Waals surface area contributed by atoms with Crippen LogP contribution in [0.1, 0.15) is 45.2 Å². The Morgan fingerprint density at radius 2 is 1.96 bits per heavy atom. The first-order chi connectivity index (χ1) is 12.2. The summed E-state index contributed by atoms with van der Waals surface area (Å²) >= 11 is 0. The summed E-state index contributed by atoms with van der Waals surface area (Å²) in [5, 5.41) is 10.4. The quantitative estimate of drug-likeness (QED) is 0.875. The van der Waals surface area contributed by atoms with Crippen molar-refractivity contribution in [2.45, 2.75) is 52.6 Å². The van der Waals surface area contributed by atoms with E-state index in [4.69, 9.17) is 4.74 Å². The van der Waals surface area contributed by atoms with E-state index in [1.54, 1.807) is 6.92 Å². The van der Waals surface area contributed by atoms with Crippen LogP contribution in [0.2, 0.25) is 0 Å². The molecule has 1 aliphatic rings. The Bertz CT molecular complexity index is 610. The first-order valence-electron chi connectivity index (χ1n) is 9.56. The molecule has 1 atom stereocenters. The maximum Gasteiger partial charge on any atom is 0.219 e. The van der Waals surface area contributed by atoms with E-state index in [0.29, 0.717) is 6.54 Å². The largest absolute Gasteiger partial charge is 0.491 e. The number of aryl methyl sites for hydroxylation is 1. The van der Waals surface area contributed by atoms with Crippen molar-refractivity contribution in [2.75, 3.05) is 39.3 Å². The molecule has 0 aliphatic carbocycles. The third kappa shape index (κ3) is 5.99. The number of carbonyl (C=O) groups is 1. The molecule has 1 aliphatic heterocycles. The zero-order valence-electron chi connectivity index (χ0n) is 16.9. The van der Waals surface area contributed by atoms with E-state index in [1.165, 1.54) is 5.56 Å². The van der Waals surface area contributed by atoms with E-state index in [2.05, 4.69) is 37.8 Å². The van der Waals surface area contributed by atoms with E-state index in [0.717, 1.165) is 43.9 Å². The average molecular weight is 363 g/mol. The van der Waals surface area contributed by atoms with Crippen LogP contribution < -0.4 is 4.74 Å². The number of hydrogen-bond donors (Lipinski definition) is 1. The molecule has 1 N–H and O–H groups in total. The van der Waals surface area contributed by atoms with E-state index in [-0.39, 0.29) is 17.9 Å². The Kier molecular flexibility index (Phi) is 7.07. The fraction of sp³-hybridized carbons (Fsp3) is 0.667. The second-order valence-electron chi connectivity index (χ2n) is 8.36. The number of aliphatic hydroxyl groups is 1. The maximum absolute atomic E-state index is 11.5. The molecule has 2 rings (SSSR count). The molecule has 1 saturated heterocycles. The molecule has 5 heteroatoms. The Hall–Kier alpha value is -1.59. The second kappa shape index (κ2) is 8.87. The number of amides is 1. The molecule has 0 aromatic heterocycles. The number of aliphatic hydroxyl groups excluding tert-OH is 1. The van der Waals surface area contributed by atoms with E-state index < -0.39 is 6.10 Å². The zero-order valence-corrected chi connectivity index (χ0v) is 16.9. The fourth-order valence-electron chi connectivity index (χ4n) is 3.28. The van der Waals surface area contributed by atoms with Gasteiger partial charge in [-0.05, 0) is 42.5 Å². The van der Waals surface area contributed by atoms with Crippen molar-refractivity contribution in [3.8, 4) is 5.75 Å². The SMILES string of the molecule is CC(=O)N1CCCN(C[C@H](O)COc2ccc(C(C)(C)C)cc2C)CC1. The normalized spacial score (nSPS) is 17.7. The maximum atomic E-state index is 11.5. The van der Waals surface area contributed by atoms with Gasteiger partial charge in [-0.1, -0.05) is 32.9 Å². The molecule has 0 unspecified atom stereocenters. The Labute approximate surface area is 157 Å². The Morgan fingerprint density at radius 3 is 2.58 bits per heavy atom. The van der Waals surface area contributed by atoms with E-state index in [1.807, 2.05) is 17.9 Å². The van der Waals surface area contributed by atoms with Crippen LogP contribution in [-0.2, 0) is 10.2 Å². The molecule has 5 nitrogen and oxygen atoms in total. The van der Waals surface area contributed by atoms with Gasteiger partial charge in [-0.3, -0.25) is 9.69 Å². The van der Waals surface area contributed by atoms with Gasteiger partial charge in [-0.2, -0.15) is 0 Å². The average Bonchev–Trinajstić information content (AvgIpc) is 2.78. The van der Waals surface area contributed by atoms with Crippen molar-refractivity contribution >= 4 is 5.91 Å². The molecule has 26 heavy (non-hydrogen) atoms. The minimum atomic E-state index is -0.541. The van der Waals surface area contributed by atoms with Crippen molar-refractivity contribution in [1.82, 2.24) is 9.80 Å². The minimum absolute atomic E-state index is 0.114. The molecule has 1 amide bonds. The number of hydrogen-bond acceptors (Lipinski definition) is 4. The molecule has 0 bridgehead atoms. The van der Waals surface area contributed by atoms with Gasteiger partial charge >= 0.3 is 0 Å². The summed E-state index contributed by atoms with van der Waals surface area (Å²) in [6.07, 6.45) is 0.404. The van der Waals surface area contributed by atoms with Gasteiger partial charge in [-0.25, -0.2) is 0 Å². The molecule has 1 aromatic carbocycles. The highest BCUT2D eigenvalue weighted by atomic mass is 16.5. The summed E-state index contributed by atoms with van der Waals surface area (Å²) in [5.74, 6) is 0.959. The molecule has 1 fully saturated rings. The van der Waals surface area contributed by atoms with Crippen molar-refractivity contribution in [2.24, 2.45) is 0 Å². The second-order valence-corrected chi connectivity index (χ2v) is 8.36. The van der Waals surface area contributed by atoms with Gasteiger partial charge in [0.2, 0.25) is 5.91 Å². The molecule has 146 valence electrons. The van der Waals surface area contributed by atoms with Crippen LogP contribution >= 0.6 is 0 Å². The number of rotatable bonds is 5. The van der Waals surface area contributed by atoms with Crippen molar-refractivity contribution < 1.29 is 14.6 Å². The van der Waals surface area contributed by atoms with E-state index >= 15 is 0 Å². The molecule has 1 heterocycles. The van der Waals surface area contributed by atoms with Crippen molar-refractivity contribution in [1.29, 1.82) is 0 Å². The fourth-order valence-corrected chi connectivity index (χ4v) is 3.28. The lowest BCUT2D eigenvalue weighted by Gasteiger charge is -2.24. The van der Waals surface area contributed by atoms with Crippen LogP contribution in [0.5, 0.6) is 5.75 Å². The lowest BCUT2D eigenvalue weighted by molar-refractivity contribution is -0.128. The summed E-state index contributed by atoms with van der Waals surface area (Å²) < 4.78 is 5.86. The third-order valence-corrected chi connectivity index (χ3v) is 4.97. The number of nitrogens with zero attached hydrogens (tertiary/aromatic N) is 2. The zero-order chi connectivity index (χ0) is 19.3. The lowest BCUT2D eigenvalue weighted by atomic mass is 9.86. The van der Waals surface area contributed by atoms with Gasteiger partial charge in [0.15, 0.2) is 0 Å². The Morgan fingerprint density at radius 1 is 1.23 bits per heavy atom. The summed E-state index contributed by atoms with van der Waals surface area (Å²) in [4.78, 5) is 15.6. The van der Waals surface area contributed by atoms with Gasteiger partial charge < -0.3 is 14.7 Å². The first-order valence-corrected chi connectivity index (χ1v) is 9.56. The predicted octanol–water partition coefficient (Wildman–Crippen LogP) is 2.59. The topological polar surface area (TPSA) is 53.0 Å². The predicted molar refractivity (Wildman–Crippen MR) is 105 cm³/mol. The van der Waals surface area contributed by atoms with E-state index in [9.17, 15) is 9.90 Å². The standard InChI is InChI=1S/C21H34N2O3/c1-16-13-18(21(3,4)5)7-8-20(16)26-15-19(25)14-22-9-6-10-23(12-11-22)17(2)24/h7-8,13,19,25H,6,9-12,14-15H2,1-5H3/t19-/m0/s1. The van der Waals surface area contributed by atoms with Crippen LogP contribution in [0, 0.1) is 6.92 Å².